The van der Waals surface area contributed by atoms with Gasteiger partial charge in [-0.1, -0.05) is 47.6 Å². The van der Waals surface area contributed by atoms with Crippen LogP contribution in [0.2, 0.25) is 5.02 Å². The molecule has 0 spiro atoms. The number of hydrogen-bond acceptors (Lipinski definition) is 6. The van der Waals surface area contributed by atoms with Gasteiger partial charge in [-0.05, 0) is 73.2 Å². The largest absolute Gasteiger partial charge is 0.298 e. The summed E-state index contributed by atoms with van der Waals surface area (Å²) >= 11 is 12.5. The minimum atomic E-state index is -0.695. The lowest BCUT2D eigenvalue weighted by molar-refractivity contribution is -0.122. The van der Waals surface area contributed by atoms with Crippen LogP contribution in [0, 0.1) is 6.92 Å². The molecule has 1 N–H and O–H groups in total. The molecular formula is C26H17ClN4O3S2. The van der Waals surface area contributed by atoms with Gasteiger partial charge in [-0.2, -0.15) is 0 Å². The van der Waals surface area contributed by atoms with Gasteiger partial charge >= 0.3 is 0 Å². The smallest absolute Gasteiger partial charge is 0.270 e. The summed E-state index contributed by atoms with van der Waals surface area (Å²) in [4.78, 5) is 46.7. The number of nitrogens with zero attached hydrogens (tertiary/aromatic N) is 3. The van der Waals surface area contributed by atoms with E-state index in [1.54, 1.807) is 36.5 Å². The molecule has 0 bridgehead atoms. The van der Waals surface area contributed by atoms with Crippen molar-refractivity contribution in [3.63, 3.8) is 0 Å². The van der Waals surface area contributed by atoms with E-state index in [9.17, 15) is 14.4 Å². The number of benzene rings is 2. The van der Waals surface area contributed by atoms with Crippen molar-refractivity contribution in [2.75, 3.05) is 4.90 Å². The third-order valence-corrected chi connectivity index (χ3v) is 6.95. The Morgan fingerprint density at radius 1 is 1.00 bits per heavy atom. The van der Waals surface area contributed by atoms with E-state index in [2.05, 4.69) is 10.3 Å². The molecule has 5 rings (SSSR count). The SMILES string of the molecule is Cc1ccc2nc(Sc3ccccc3)c(C=C3C(=O)NC(=S)N(c4ccc(Cl)cc4)C3=O)c(=O)n2c1. The van der Waals surface area contributed by atoms with Crippen molar-refractivity contribution < 1.29 is 9.59 Å². The molecule has 1 aliphatic heterocycles. The molecule has 1 aliphatic rings. The predicted octanol–water partition coefficient (Wildman–Crippen LogP) is 4.64. The van der Waals surface area contributed by atoms with Gasteiger partial charge in [-0.25, -0.2) is 4.98 Å². The van der Waals surface area contributed by atoms with Crippen LogP contribution in [0.5, 0.6) is 0 Å². The van der Waals surface area contributed by atoms with Crippen LogP contribution in [0.4, 0.5) is 5.69 Å². The Hall–Kier alpha value is -3.79. The van der Waals surface area contributed by atoms with Crippen molar-refractivity contribution in [2.24, 2.45) is 0 Å². The zero-order valence-corrected chi connectivity index (χ0v) is 21.2. The van der Waals surface area contributed by atoms with Crippen LogP contribution in [-0.4, -0.2) is 26.3 Å². The Bertz CT molecular complexity index is 1630. The molecule has 2 amide bonds. The predicted molar refractivity (Wildman–Crippen MR) is 144 cm³/mol. The van der Waals surface area contributed by atoms with Gasteiger partial charge in [0, 0.05) is 16.1 Å². The minimum Gasteiger partial charge on any atom is -0.298 e. The molecule has 178 valence electrons. The highest BCUT2D eigenvalue weighted by Crippen LogP contribution is 2.30. The Balaban J connectivity index is 1.68. The van der Waals surface area contributed by atoms with E-state index in [-0.39, 0.29) is 16.2 Å². The maximum absolute atomic E-state index is 13.6. The van der Waals surface area contributed by atoms with Crippen LogP contribution < -0.4 is 15.8 Å². The molecule has 0 aliphatic carbocycles. The Labute approximate surface area is 220 Å². The lowest BCUT2D eigenvalue weighted by Gasteiger charge is -2.29. The van der Waals surface area contributed by atoms with E-state index >= 15 is 0 Å². The summed E-state index contributed by atoms with van der Waals surface area (Å²) in [5.74, 6) is -1.35. The molecule has 7 nitrogen and oxygen atoms in total. The van der Waals surface area contributed by atoms with Crippen molar-refractivity contribution in [2.45, 2.75) is 16.8 Å². The summed E-state index contributed by atoms with van der Waals surface area (Å²) in [6.45, 7) is 1.86. The third kappa shape index (κ3) is 4.56. The maximum Gasteiger partial charge on any atom is 0.270 e. The third-order valence-electron chi connectivity index (χ3n) is 5.40. The highest BCUT2D eigenvalue weighted by atomic mass is 35.5. The number of amides is 2. The zero-order chi connectivity index (χ0) is 25.4. The topological polar surface area (TPSA) is 83.8 Å². The van der Waals surface area contributed by atoms with Gasteiger partial charge in [-0.3, -0.25) is 29.0 Å². The van der Waals surface area contributed by atoms with E-state index in [4.69, 9.17) is 23.8 Å². The monoisotopic (exact) mass is 532 g/mol. The van der Waals surface area contributed by atoms with Gasteiger partial charge in [0.25, 0.3) is 17.4 Å². The second-order valence-electron chi connectivity index (χ2n) is 7.92. The number of rotatable bonds is 4. The summed E-state index contributed by atoms with van der Waals surface area (Å²) in [6, 6.07) is 19.5. The lowest BCUT2D eigenvalue weighted by atomic mass is 10.1. The van der Waals surface area contributed by atoms with E-state index in [1.165, 1.54) is 27.1 Å². The molecule has 10 heteroatoms. The van der Waals surface area contributed by atoms with Crippen molar-refractivity contribution in [3.05, 3.63) is 105 Å². The number of pyridine rings is 1. The molecule has 4 aromatic rings. The first-order chi connectivity index (χ1) is 17.3. The van der Waals surface area contributed by atoms with Crippen molar-refractivity contribution in [1.82, 2.24) is 14.7 Å². The summed E-state index contributed by atoms with van der Waals surface area (Å²) < 4.78 is 1.41. The Kier molecular flexibility index (Phi) is 6.44. The number of carbonyl (C=O) groups excluding carboxylic acids is 2. The second kappa shape index (κ2) is 9.69. The average molecular weight is 533 g/mol. The number of halogens is 1. The fraction of sp³-hybridized carbons (Fsp3) is 0.0385. The Morgan fingerprint density at radius 2 is 1.72 bits per heavy atom. The number of anilines is 1. The average Bonchev–Trinajstić information content (AvgIpc) is 2.85. The molecule has 2 aromatic carbocycles. The summed E-state index contributed by atoms with van der Waals surface area (Å²) in [7, 11) is 0. The van der Waals surface area contributed by atoms with Crippen LogP contribution in [0.1, 0.15) is 11.1 Å². The first-order valence-electron chi connectivity index (χ1n) is 10.7. The van der Waals surface area contributed by atoms with Gasteiger partial charge in [0.05, 0.1) is 11.3 Å². The van der Waals surface area contributed by atoms with Gasteiger partial charge in [0.15, 0.2) is 5.11 Å². The number of thiocarbonyl (C=S) groups is 1. The van der Waals surface area contributed by atoms with Gasteiger partial charge < -0.3 is 0 Å². The van der Waals surface area contributed by atoms with E-state index < -0.39 is 17.4 Å². The molecule has 3 heterocycles. The zero-order valence-electron chi connectivity index (χ0n) is 18.8. The molecule has 0 radical (unpaired) electrons. The van der Waals surface area contributed by atoms with Gasteiger partial charge in [0.2, 0.25) is 0 Å². The van der Waals surface area contributed by atoms with Gasteiger partial charge in [-0.15, -0.1) is 0 Å². The van der Waals surface area contributed by atoms with Crippen LogP contribution >= 0.6 is 35.6 Å². The van der Waals surface area contributed by atoms with Crippen LogP contribution in [0.15, 0.2) is 93.2 Å². The fourth-order valence-corrected chi connectivity index (χ4v) is 4.99. The Morgan fingerprint density at radius 3 is 2.44 bits per heavy atom. The number of fused-ring (bicyclic) bond motifs is 1. The maximum atomic E-state index is 13.6. The van der Waals surface area contributed by atoms with Crippen molar-refractivity contribution >= 4 is 69.9 Å². The summed E-state index contributed by atoms with van der Waals surface area (Å²) in [6.07, 6.45) is 2.96. The van der Waals surface area contributed by atoms with Crippen LogP contribution in [-0.2, 0) is 9.59 Å². The molecule has 0 unspecified atom stereocenters. The van der Waals surface area contributed by atoms with Gasteiger partial charge in [0.1, 0.15) is 16.2 Å². The van der Waals surface area contributed by atoms with Crippen LogP contribution in [0.3, 0.4) is 0 Å². The molecule has 0 saturated carbocycles. The number of aryl methyl sites for hydroxylation is 1. The fourth-order valence-electron chi connectivity index (χ4n) is 3.67. The number of aromatic nitrogens is 2. The first kappa shape index (κ1) is 23.9. The van der Waals surface area contributed by atoms with Crippen LogP contribution in [0.25, 0.3) is 11.7 Å². The lowest BCUT2D eigenvalue weighted by Crippen LogP contribution is -2.54. The summed E-state index contributed by atoms with van der Waals surface area (Å²) in [5, 5.41) is 3.33. The molecule has 0 atom stereocenters. The minimum absolute atomic E-state index is 0.0626. The quantitative estimate of drug-likeness (QED) is 0.178. The molecule has 36 heavy (non-hydrogen) atoms. The highest BCUT2D eigenvalue weighted by molar-refractivity contribution is 7.99. The molecule has 2 aromatic heterocycles. The molecule has 1 saturated heterocycles. The highest BCUT2D eigenvalue weighted by Gasteiger charge is 2.35. The second-order valence-corrected chi connectivity index (χ2v) is 9.81. The number of hydrogen-bond donors (Lipinski definition) is 1. The van der Waals surface area contributed by atoms with Crippen molar-refractivity contribution in [3.8, 4) is 0 Å². The molecular weight excluding hydrogens is 516 g/mol. The van der Waals surface area contributed by atoms with E-state index in [1.807, 2.05) is 43.3 Å². The summed E-state index contributed by atoms with van der Waals surface area (Å²) in [5.41, 5.74) is 1.23. The first-order valence-corrected chi connectivity index (χ1v) is 12.3. The van der Waals surface area contributed by atoms with Crippen molar-refractivity contribution in [1.29, 1.82) is 0 Å². The van der Waals surface area contributed by atoms with E-state index in [0.29, 0.717) is 21.4 Å². The standard InChI is InChI=1S/C26H17ClN4O3S2/c1-15-7-12-21-28-23(36-18-5-3-2-4-6-18)20(24(33)30(21)14-15)13-19-22(32)29-26(35)31(25(19)34)17-10-8-16(27)9-11-17/h2-14H,1H3,(H,29,32,35). The normalized spacial score (nSPS) is 15.0. The number of carbonyl (C=O) groups is 2. The number of nitrogens with one attached hydrogen (secondary N) is 1. The molecule has 1 fully saturated rings. The van der Waals surface area contributed by atoms with E-state index in [0.717, 1.165) is 10.5 Å².